The molecule has 4 aromatic carbocycles. The number of ketones is 4. The van der Waals surface area contributed by atoms with Gasteiger partial charge < -0.3 is 4.74 Å². The van der Waals surface area contributed by atoms with Crippen LogP contribution in [0.3, 0.4) is 0 Å². The number of hydrogen-bond acceptors (Lipinski definition) is 12. The fourth-order valence-corrected chi connectivity index (χ4v) is 8.16. The van der Waals surface area contributed by atoms with Crippen LogP contribution in [0, 0.1) is 0 Å². The van der Waals surface area contributed by atoms with E-state index in [2.05, 4.69) is 10.2 Å². The van der Waals surface area contributed by atoms with Gasteiger partial charge in [0.2, 0.25) is 23.1 Å². The predicted octanol–water partition coefficient (Wildman–Crippen LogP) is 6.45. The Labute approximate surface area is 282 Å². The maximum atomic E-state index is 13.1. The van der Waals surface area contributed by atoms with E-state index in [1.807, 2.05) is 30.3 Å². The summed E-state index contributed by atoms with van der Waals surface area (Å²) < 4.78 is 6.78. The lowest BCUT2D eigenvalue weighted by atomic mass is 10.1. The second kappa shape index (κ2) is 10.9. The SMILES string of the molecule is O=C1C(=O)c2ccccc2/C1=C/c1nc2c3nn(C(=O)OCc4ccccc4)nc3c3nc(/C=C4\C(=O)C(=O)c5ccccc54)sc3c2s1. The summed E-state index contributed by atoms with van der Waals surface area (Å²) in [6.07, 6.45) is 2.35. The highest BCUT2D eigenvalue weighted by molar-refractivity contribution is 7.27. The van der Waals surface area contributed by atoms with Crippen LogP contribution in [0.2, 0.25) is 0 Å². The highest BCUT2D eigenvalue weighted by Gasteiger charge is 2.35. The van der Waals surface area contributed by atoms with Gasteiger partial charge in [0.25, 0.3) is 0 Å². The molecule has 9 rings (SSSR count). The van der Waals surface area contributed by atoms with Crippen LogP contribution < -0.4 is 0 Å². The Bertz CT molecular complexity index is 2560. The maximum absolute atomic E-state index is 13.1. The molecule has 0 N–H and O–H groups in total. The first-order chi connectivity index (χ1) is 23.9. The third-order valence-electron chi connectivity index (χ3n) is 8.29. The molecule has 0 saturated heterocycles. The molecule has 0 radical (unpaired) electrons. The van der Waals surface area contributed by atoms with Gasteiger partial charge in [-0.05, 0) is 28.8 Å². The number of Topliss-reactive ketones (excluding diaryl/α,β-unsaturated/α-hetero) is 4. The van der Waals surface area contributed by atoms with Gasteiger partial charge in [0.05, 0.1) is 9.40 Å². The minimum absolute atomic E-state index is 0.00761. The number of thiazole rings is 2. The number of carbonyl (C=O) groups excluding carboxylic acids is 5. The van der Waals surface area contributed by atoms with Crippen LogP contribution in [-0.4, -0.2) is 54.2 Å². The second-order valence-electron chi connectivity index (χ2n) is 11.2. The van der Waals surface area contributed by atoms with E-state index in [0.29, 0.717) is 52.7 Å². The van der Waals surface area contributed by atoms with E-state index in [1.165, 1.54) is 22.7 Å². The number of nitrogens with zero attached hydrogens (tertiary/aromatic N) is 5. The molecule has 2 aliphatic carbocycles. The van der Waals surface area contributed by atoms with Crippen molar-refractivity contribution in [2.45, 2.75) is 6.61 Å². The van der Waals surface area contributed by atoms with Gasteiger partial charge in [-0.1, -0.05) is 83.7 Å². The van der Waals surface area contributed by atoms with Crippen molar-refractivity contribution >= 4 is 107 Å². The van der Waals surface area contributed by atoms with Gasteiger partial charge in [0.15, 0.2) is 0 Å². The number of aromatic nitrogens is 5. The third kappa shape index (κ3) is 4.51. The van der Waals surface area contributed by atoms with E-state index in [-0.39, 0.29) is 28.8 Å². The van der Waals surface area contributed by atoms with E-state index in [0.717, 1.165) is 10.4 Å². The molecule has 49 heavy (non-hydrogen) atoms. The molecular formula is C36H17N5O6S2. The average Bonchev–Trinajstić information content (AvgIpc) is 3.94. The number of hydrogen-bond donors (Lipinski definition) is 0. The van der Waals surface area contributed by atoms with Crippen molar-refractivity contribution in [1.82, 2.24) is 25.0 Å². The van der Waals surface area contributed by atoms with Crippen LogP contribution in [0.4, 0.5) is 4.79 Å². The molecule has 0 fully saturated rings. The number of ether oxygens (including phenoxy) is 1. The Kier molecular flexibility index (Phi) is 6.41. The first-order valence-corrected chi connectivity index (χ1v) is 16.5. The van der Waals surface area contributed by atoms with Crippen molar-refractivity contribution < 1.29 is 28.7 Å². The van der Waals surface area contributed by atoms with E-state index in [1.54, 1.807) is 60.7 Å². The Morgan fingerprint density at radius 3 is 1.53 bits per heavy atom. The molecule has 0 bridgehead atoms. The number of fused-ring (bicyclic) bond motifs is 8. The first-order valence-electron chi connectivity index (χ1n) is 14.9. The Morgan fingerprint density at radius 2 is 1.04 bits per heavy atom. The van der Waals surface area contributed by atoms with Gasteiger partial charge in [-0.2, -0.15) is 0 Å². The van der Waals surface area contributed by atoms with E-state index < -0.39 is 29.2 Å². The zero-order chi connectivity index (χ0) is 33.4. The van der Waals surface area contributed by atoms with Crippen LogP contribution in [0.25, 0.3) is 54.8 Å². The third-order valence-corrected chi connectivity index (χ3v) is 10.5. The number of rotatable bonds is 4. The second-order valence-corrected chi connectivity index (χ2v) is 13.3. The molecular weight excluding hydrogens is 663 g/mol. The van der Waals surface area contributed by atoms with Gasteiger partial charge >= 0.3 is 6.09 Å². The Hall–Kier alpha value is -6.31. The summed E-state index contributed by atoms with van der Waals surface area (Å²) in [5.41, 5.74) is 4.35. The summed E-state index contributed by atoms with van der Waals surface area (Å²) in [4.78, 5) is 74.8. The van der Waals surface area contributed by atoms with Crippen LogP contribution in [-0.2, 0) is 20.9 Å². The number of benzene rings is 4. The van der Waals surface area contributed by atoms with Crippen molar-refractivity contribution in [1.29, 1.82) is 0 Å². The van der Waals surface area contributed by atoms with Gasteiger partial charge in [-0.25, -0.2) is 14.8 Å². The van der Waals surface area contributed by atoms with Crippen LogP contribution in [0.1, 0.15) is 47.4 Å². The van der Waals surface area contributed by atoms with Crippen LogP contribution in [0.5, 0.6) is 0 Å². The molecule has 3 heterocycles. The summed E-state index contributed by atoms with van der Waals surface area (Å²) >= 11 is 2.52. The summed E-state index contributed by atoms with van der Waals surface area (Å²) in [5.74, 6) is -2.39. The zero-order valence-electron chi connectivity index (χ0n) is 24.9. The fraction of sp³-hybridized carbons (Fsp3) is 0.0278. The summed E-state index contributed by atoms with van der Waals surface area (Å²) in [7, 11) is 0. The minimum Gasteiger partial charge on any atom is -0.442 e. The molecule has 0 unspecified atom stereocenters. The standard InChI is InChI=1S/C36H17N5O6S2/c42-30-20-12-6-4-10-18(20)22(32(30)44)14-24-37-28-26-27(40-41(39-26)36(46)47-16-17-8-2-1-3-9-17)29-35(34(28)48-24)49-25(38-29)15-23-19-11-5-7-13-21(19)31(43)33(23)45/h1-15H,16H2/b22-14-,23-15-. The van der Waals surface area contributed by atoms with Crippen molar-refractivity contribution in [3.8, 4) is 0 Å². The molecule has 11 nitrogen and oxygen atoms in total. The molecule has 3 aromatic heterocycles. The van der Waals surface area contributed by atoms with Crippen molar-refractivity contribution in [2.75, 3.05) is 0 Å². The maximum Gasteiger partial charge on any atom is 0.452 e. The summed E-state index contributed by atoms with van der Waals surface area (Å²) in [6.45, 7) is 0.00761. The Balaban J connectivity index is 1.21. The smallest absolute Gasteiger partial charge is 0.442 e. The molecule has 7 aromatic rings. The molecule has 0 amide bonds. The first kappa shape index (κ1) is 28.9. The molecule has 2 aliphatic rings. The van der Waals surface area contributed by atoms with E-state index in [4.69, 9.17) is 14.7 Å². The Morgan fingerprint density at radius 1 is 0.592 bits per heavy atom. The monoisotopic (exact) mass is 679 g/mol. The summed E-state index contributed by atoms with van der Waals surface area (Å²) in [6, 6.07) is 22.8. The zero-order valence-corrected chi connectivity index (χ0v) is 26.5. The largest absolute Gasteiger partial charge is 0.452 e. The normalized spacial score (nSPS) is 15.8. The lowest BCUT2D eigenvalue weighted by Gasteiger charge is -2.02. The van der Waals surface area contributed by atoms with Crippen molar-refractivity contribution in [3.63, 3.8) is 0 Å². The van der Waals surface area contributed by atoms with Gasteiger partial charge in [0.1, 0.15) is 38.7 Å². The highest BCUT2D eigenvalue weighted by atomic mass is 32.1. The molecule has 0 spiro atoms. The molecule has 0 saturated carbocycles. The fourth-order valence-electron chi connectivity index (χ4n) is 6.01. The van der Waals surface area contributed by atoms with E-state index in [9.17, 15) is 24.0 Å². The molecule has 13 heteroatoms. The topological polar surface area (TPSA) is 151 Å². The predicted molar refractivity (Wildman–Crippen MR) is 183 cm³/mol. The van der Waals surface area contributed by atoms with Crippen LogP contribution in [0.15, 0.2) is 78.9 Å². The minimum atomic E-state index is -0.810. The summed E-state index contributed by atoms with van der Waals surface area (Å²) in [5, 5.41) is 9.77. The van der Waals surface area contributed by atoms with Crippen LogP contribution >= 0.6 is 22.7 Å². The molecule has 234 valence electrons. The highest BCUT2D eigenvalue weighted by Crippen LogP contribution is 2.42. The van der Waals surface area contributed by atoms with Gasteiger partial charge in [0, 0.05) is 22.3 Å². The molecule has 0 atom stereocenters. The average molecular weight is 680 g/mol. The van der Waals surface area contributed by atoms with E-state index >= 15 is 0 Å². The quantitative estimate of drug-likeness (QED) is 0.150. The van der Waals surface area contributed by atoms with Gasteiger partial charge in [-0.3, -0.25) is 19.2 Å². The lowest BCUT2D eigenvalue weighted by Crippen LogP contribution is -2.16. The van der Waals surface area contributed by atoms with Crippen molar-refractivity contribution in [2.24, 2.45) is 0 Å². The molecule has 0 aliphatic heterocycles. The van der Waals surface area contributed by atoms with Crippen molar-refractivity contribution in [3.05, 3.63) is 117 Å². The lowest BCUT2D eigenvalue weighted by molar-refractivity contribution is -0.110. The number of allylic oxidation sites excluding steroid dienone is 2. The van der Waals surface area contributed by atoms with Gasteiger partial charge in [-0.15, -0.1) is 32.9 Å². The number of carbonyl (C=O) groups is 5.